The first-order chi connectivity index (χ1) is 9.11. The number of aryl methyl sites for hydroxylation is 1. The molecule has 1 aromatic carbocycles. The van der Waals surface area contributed by atoms with Gasteiger partial charge in [-0.3, -0.25) is 4.79 Å². The Morgan fingerprint density at radius 3 is 2.95 bits per heavy atom. The number of benzene rings is 1. The van der Waals surface area contributed by atoms with E-state index in [1.165, 1.54) is 6.42 Å². The summed E-state index contributed by atoms with van der Waals surface area (Å²) in [5.74, 6) is 0.274. The minimum atomic E-state index is -0.351. The highest BCUT2D eigenvalue weighted by molar-refractivity contribution is 5.98. The molecule has 1 atom stereocenters. The molecule has 1 saturated heterocycles. The smallest absolute Gasteiger partial charge is 0.250 e. The number of carbonyl (C=O) groups is 1. The highest BCUT2D eigenvalue weighted by atomic mass is 16.1. The number of piperidine rings is 1. The lowest BCUT2D eigenvalue weighted by Gasteiger charge is -2.35. The van der Waals surface area contributed by atoms with Gasteiger partial charge >= 0.3 is 0 Å². The van der Waals surface area contributed by atoms with Crippen molar-refractivity contribution in [3.63, 3.8) is 0 Å². The maximum atomic E-state index is 11.6. The molecule has 1 aliphatic rings. The van der Waals surface area contributed by atoms with Crippen molar-refractivity contribution in [2.24, 2.45) is 17.4 Å². The van der Waals surface area contributed by atoms with Crippen LogP contribution in [-0.2, 0) is 0 Å². The van der Waals surface area contributed by atoms with Gasteiger partial charge in [-0.25, -0.2) is 0 Å². The lowest BCUT2D eigenvalue weighted by Crippen LogP contribution is -2.37. The Bertz CT molecular complexity index is 457. The van der Waals surface area contributed by atoms with Gasteiger partial charge in [-0.2, -0.15) is 0 Å². The normalized spacial score (nSPS) is 19.5. The summed E-state index contributed by atoms with van der Waals surface area (Å²) in [7, 11) is 0. The third-order valence-corrected chi connectivity index (χ3v) is 3.85. The van der Waals surface area contributed by atoms with Gasteiger partial charge in [-0.1, -0.05) is 6.07 Å². The Labute approximate surface area is 114 Å². The summed E-state index contributed by atoms with van der Waals surface area (Å²) in [5.41, 5.74) is 13.9. The van der Waals surface area contributed by atoms with E-state index in [0.717, 1.165) is 43.7 Å². The van der Waals surface area contributed by atoms with Crippen LogP contribution in [0.15, 0.2) is 18.2 Å². The minimum Gasteiger partial charge on any atom is -0.371 e. The number of hydrogen-bond acceptors (Lipinski definition) is 3. The van der Waals surface area contributed by atoms with Crippen molar-refractivity contribution in [2.75, 3.05) is 24.5 Å². The molecule has 1 unspecified atom stereocenters. The predicted molar refractivity (Wildman–Crippen MR) is 78.3 cm³/mol. The Morgan fingerprint density at radius 2 is 2.26 bits per heavy atom. The first-order valence-electron chi connectivity index (χ1n) is 6.97. The summed E-state index contributed by atoms with van der Waals surface area (Å²) in [6, 6.07) is 5.83. The van der Waals surface area contributed by atoms with Crippen LogP contribution in [0.2, 0.25) is 0 Å². The van der Waals surface area contributed by atoms with Crippen LogP contribution < -0.4 is 16.4 Å². The average molecular weight is 261 g/mol. The summed E-state index contributed by atoms with van der Waals surface area (Å²) in [5, 5.41) is 0. The fraction of sp³-hybridized carbons (Fsp3) is 0.533. The molecule has 1 aliphatic heterocycles. The van der Waals surface area contributed by atoms with Crippen molar-refractivity contribution in [1.82, 2.24) is 0 Å². The fourth-order valence-electron chi connectivity index (χ4n) is 2.87. The lowest BCUT2D eigenvalue weighted by atomic mass is 9.93. The van der Waals surface area contributed by atoms with E-state index < -0.39 is 0 Å². The second-order valence-electron chi connectivity index (χ2n) is 5.42. The molecule has 4 nitrogen and oxygen atoms in total. The van der Waals surface area contributed by atoms with Crippen molar-refractivity contribution in [3.05, 3.63) is 29.3 Å². The summed E-state index contributed by atoms with van der Waals surface area (Å²) in [6.45, 7) is 4.73. The lowest BCUT2D eigenvalue weighted by molar-refractivity contribution is 0.100. The van der Waals surface area contributed by atoms with Gasteiger partial charge in [-0.15, -0.1) is 0 Å². The topological polar surface area (TPSA) is 72.4 Å². The van der Waals surface area contributed by atoms with Gasteiger partial charge in [0.15, 0.2) is 0 Å². The van der Waals surface area contributed by atoms with E-state index in [4.69, 9.17) is 11.5 Å². The van der Waals surface area contributed by atoms with Crippen molar-refractivity contribution in [2.45, 2.75) is 26.2 Å². The van der Waals surface area contributed by atoms with Gasteiger partial charge in [0.05, 0.1) is 5.56 Å². The fourth-order valence-corrected chi connectivity index (χ4v) is 2.87. The molecule has 1 aromatic rings. The molecule has 0 aliphatic carbocycles. The Morgan fingerprint density at radius 1 is 1.47 bits per heavy atom. The van der Waals surface area contributed by atoms with Crippen LogP contribution in [0.1, 0.15) is 35.2 Å². The first-order valence-corrected chi connectivity index (χ1v) is 6.97. The van der Waals surface area contributed by atoms with E-state index in [9.17, 15) is 4.79 Å². The molecule has 19 heavy (non-hydrogen) atoms. The number of anilines is 1. The molecular formula is C15H23N3O. The summed E-state index contributed by atoms with van der Waals surface area (Å²) in [6.07, 6.45) is 3.43. The molecule has 1 heterocycles. The highest BCUT2D eigenvalue weighted by Gasteiger charge is 2.22. The van der Waals surface area contributed by atoms with Crippen LogP contribution in [0.3, 0.4) is 0 Å². The van der Waals surface area contributed by atoms with E-state index in [-0.39, 0.29) is 5.91 Å². The summed E-state index contributed by atoms with van der Waals surface area (Å²) < 4.78 is 0. The third kappa shape index (κ3) is 3.26. The zero-order valence-electron chi connectivity index (χ0n) is 11.6. The molecule has 0 saturated carbocycles. The van der Waals surface area contributed by atoms with E-state index >= 15 is 0 Å². The van der Waals surface area contributed by atoms with Gasteiger partial charge < -0.3 is 16.4 Å². The molecule has 4 heteroatoms. The molecule has 0 spiro atoms. The van der Waals surface area contributed by atoms with E-state index in [0.29, 0.717) is 11.5 Å². The molecule has 0 bridgehead atoms. The second kappa shape index (κ2) is 6.06. The second-order valence-corrected chi connectivity index (χ2v) is 5.42. The van der Waals surface area contributed by atoms with Gasteiger partial charge in [0.2, 0.25) is 0 Å². The maximum Gasteiger partial charge on any atom is 0.250 e. The highest BCUT2D eigenvalue weighted by Crippen LogP contribution is 2.28. The van der Waals surface area contributed by atoms with Crippen LogP contribution in [-0.4, -0.2) is 25.5 Å². The summed E-state index contributed by atoms with van der Waals surface area (Å²) >= 11 is 0. The number of amides is 1. The van der Waals surface area contributed by atoms with Crippen LogP contribution in [0.5, 0.6) is 0 Å². The molecule has 0 aromatic heterocycles. The summed E-state index contributed by atoms with van der Waals surface area (Å²) in [4.78, 5) is 13.8. The zero-order valence-corrected chi connectivity index (χ0v) is 11.6. The van der Waals surface area contributed by atoms with Gasteiger partial charge in [-0.05, 0) is 56.3 Å². The molecule has 2 rings (SSSR count). The number of nitrogens with two attached hydrogens (primary N) is 2. The van der Waals surface area contributed by atoms with Crippen LogP contribution in [0, 0.1) is 12.8 Å². The predicted octanol–water partition coefficient (Wildman–Crippen LogP) is 1.66. The average Bonchev–Trinajstić information content (AvgIpc) is 2.39. The Kier molecular flexibility index (Phi) is 4.43. The van der Waals surface area contributed by atoms with Crippen molar-refractivity contribution in [1.29, 1.82) is 0 Å². The number of carbonyl (C=O) groups excluding carboxylic acids is 1. The number of rotatable bonds is 4. The van der Waals surface area contributed by atoms with E-state index in [1.54, 1.807) is 0 Å². The largest absolute Gasteiger partial charge is 0.371 e. The van der Waals surface area contributed by atoms with Crippen molar-refractivity contribution in [3.8, 4) is 0 Å². The molecular weight excluding hydrogens is 238 g/mol. The SMILES string of the molecule is Cc1ccc(C(N)=O)c(N2CCCC(CCN)C2)c1. The van der Waals surface area contributed by atoms with E-state index in [2.05, 4.69) is 11.0 Å². The van der Waals surface area contributed by atoms with Gasteiger partial charge in [0.1, 0.15) is 0 Å². The molecule has 1 amide bonds. The minimum absolute atomic E-state index is 0.351. The number of hydrogen-bond donors (Lipinski definition) is 2. The molecule has 4 N–H and O–H groups in total. The van der Waals surface area contributed by atoms with E-state index in [1.807, 2.05) is 19.1 Å². The van der Waals surface area contributed by atoms with Crippen LogP contribution in [0.4, 0.5) is 5.69 Å². The third-order valence-electron chi connectivity index (χ3n) is 3.85. The zero-order chi connectivity index (χ0) is 13.8. The molecule has 0 radical (unpaired) electrons. The van der Waals surface area contributed by atoms with Crippen molar-refractivity contribution >= 4 is 11.6 Å². The van der Waals surface area contributed by atoms with Crippen LogP contribution >= 0.6 is 0 Å². The van der Waals surface area contributed by atoms with Crippen LogP contribution in [0.25, 0.3) is 0 Å². The quantitative estimate of drug-likeness (QED) is 0.865. The first kappa shape index (κ1) is 13.9. The standard InChI is InChI=1S/C15H23N3O/c1-11-4-5-13(15(17)19)14(9-11)18-8-2-3-12(10-18)6-7-16/h4-5,9,12H,2-3,6-8,10,16H2,1H3,(H2,17,19). The maximum absolute atomic E-state index is 11.6. The van der Waals surface area contributed by atoms with Crippen molar-refractivity contribution < 1.29 is 4.79 Å². The van der Waals surface area contributed by atoms with Gasteiger partial charge in [0, 0.05) is 18.8 Å². The Hall–Kier alpha value is -1.55. The molecule has 104 valence electrons. The monoisotopic (exact) mass is 261 g/mol. The number of nitrogens with zero attached hydrogens (tertiary/aromatic N) is 1. The molecule has 1 fully saturated rings. The number of primary amides is 1. The van der Waals surface area contributed by atoms with Gasteiger partial charge in [0.25, 0.3) is 5.91 Å². The Balaban J connectivity index is 2.24.